The monoisotopic (exact) mass is 274 g/mol. The van der Waals surface area contributed by atoms with Crippen molar-refractivity contribution >= 4 is 21.9 Å². The lowest BCUT2D eigenvalue weighted by Gasteiger charge is -2.00. The minimum Gasteiger partial charge on any atom is -0.481 e. The quantitative estimate of drug-likeness (QED) is 0.914. The minimum absolute atomic E-state index is 0.00216. The molecule has 0 unspecified atom stereocenters. The van der Waals surface area contributed by atoms with Crippen molar-refractivity contribution in [1.29, 1.82) is 0 Å². The van der Waals surface area contributed by atoms with Gasteiger partial charge in [0.05, 0.1) is 22.3 Å². The van der Waals surface area contributed by atoms with Gasteiger partial charge in [-0.05, 0) is 28.3 Å². The second-order valence-corrected chi connectivity index (χ2v) is 4.79. The van der Waals surface area contributed by atoms with Gasteiger partial charge in [0.25, 0.3) is 0 Å². The van der Waals surface area contributed by atoms with Crippen molar-refractivity contribution in [2.45, 2.75) is 26.7 Å². The van der Waals surface area contributed by atoms with Gasteiger partial charge >= 0.3 is 5.97 Å². The van der Waals surface area contributed by atoms with E-state index in [1.54, 1.807) is 11.7 Å². The lowest BCUT2D eigenvalue weighted by atomic mass is 10.1. The van der Waals surface area contributed by atoms with Gasteiger partial charge in [-0.15, -0.1) is 0 Å². The smallest absolute Gasteiger partial charge is 0.309 e. The molecule has 0 saturated carbocycles. The van der Waals surface area contributed by atoms with Crippen LogP contribution in [0.25, 0.3) is 0 Å². The number of aromatic nitrogens is 2. The fourth-order valence-electron chi connectivity index (χ4n) is 1.45. The molecule has 15 heavy (non-hydrogen) atoms. The first-order valence-corrected chi connectivity index (χ1v) is 5.63. The van der Waals surface area contributed by atoms with Crippen LogP contribution in [-0.4, -0.2) is 20.9 Å². The summed E-state index contributed by atoms with van der Waals surface area (Å²) in [5.41, 5.74) is 1.65. The zero-order valence-corrected chi connectivity index (χ0v) is 10.7. The van der Waals surface area contributed by atoms with E-state index in [-0.39, 0.29) is 6.42 Å². The summed E-state index contributed by atoms with van der Waals surface area (Å²) in [6, 6.07) is 0. The highest BCUT2D eigenvalue weighted by Gasteiger charge is 2.16. The summed E-state index contributed by atoms with van der Waals surface area (Å²) in [6.07, 6.45) is 0.857. The van der Waals surface area contributed by atoms with E-state index < -0.39 is 5.97 Å². The van der Waals surface area contributed by atoms with Crippen LogP contribution in [0.5, 0.6) is 0 Å². The summed E-state index contributed by atoms with van der Waals surface area (Å²) in [5.74, 6) is -0.330. The number of rotatable bonds is 4. The number of carboxylic acids is 1. The Morgan fingerprint density at radius 3 is 2.67 bits per heavy atom. The third kappa shape index (κ3) is 3.06. The molecular weight excluding hydrogens is 260 g/mol. The van der Waals surface area contributed by atoms with Gasteiger partial charge in [0.1, 0.15) is 0 Å². The van der Waals surface area contributed by atoms with Crippen LogP contribution in [0, 0.1) is 5.92 Å². The Kier molecular flexibility index (Phi) is 3.90. The van der Waals surface area contributed by atoms with Crippen LogP contribution in [-0.2, 0) is 24.7 Å². The maximum absolute atomic E-state index is 10.6. The first kappa shape index (κ1) is 12.2. The van der Waals surface area contributed by atoms with Crippen LogP contribution in [0.4, 0.5) is 0 Å². The molecule has 0 spiro atoms. The summed E-state index contributed by atoms with van der Waals surface area (Å²) in [6.45, 7) is 4.22. The summed E-state index contributed by atoms with van der Waals surface area (Å²) in [4.78, 5) is 10.6. The molecule has 1 aromatic rings. The van der Waals surface area contributed by atoms with Gasteiger partial charge in [-0.1, -0.05) is 13.8 Å². The average Bonchev–Trinajstić information content (AvgIpc) is 2.31. The molecule has 0 aliphatic carbocycles. The molecule has 1 heterocycles. The second-order valence-electron chi connectivity index (χ2n) is 4.00. The van der Waals surface area contributed by atoms with Crippen LogP contribution in [0.3, 0.4) is 0 Å². The maximum atomic E-state index is 10.6. The Hall–Kier alpha value is -0.840. The molecule has 0 radical (unpaired) electrons. The summed E-state index contributed by atoms with van der Waals surface area (Å²) in [7, 11) is 1.77. The lowest BCUT2D eigenvalue weighted by molar-refractivity contribution is -0.136. The van der Waals surface area contributed by atoms with Gasteiger partial charge in [-0.2, -0.15) is 5.10 Å². The molecule has 1 rings (SSSR count). The number of carbonyl (C=O) groups is 1. The number of hydrogen-bond acceptors (Lipinski definition) is 2. The van der Waals surface area contributed by atoms with Crippen molar-refractivity contribution in [3.63, 3.8) is 0 Å². The molecule has 0 aliphatic rings. The second kappa shape index (κ2) is 4.79. The van der Waals surface area contributed by atoms with Gasteiger partial charge in [0.15, 0.2) is 0 Å². The molecule has 5 heteroatoms. The normalized spacial score (nSPS) is 11.0. The van der Waals surface area contributed by atoms with E-state index >= 15 is 0 Å². The predicted octanol–water partition coefficient (Wildman–Crippen LogP) is 2.01. The van der Waals surface area contributed by atoms with Crippen molar-refractivity contribution in [1.82, 2.24) is 9.78 Å². The predicted molar refractivity (Wildman–Crippen MR) is 60.8 cm³/mol. The topological polar surface area (TPSA) is 55.1 Å². The highest BCUT2D eigenvalue weighted by atomic mass is 79.9. The molecule has 0 aromatic carbocycles. The van der Waals surface area contributed by atoms with Crippen LogP contribution in [0.2, 0.25) is 0 Å². The third-order valence-electron chi connectivity index (χ3n) is 2.09. The largest absolute Gasteiger partial charge is 0.481 e. The summed E-state index contributed by atoms with van der Waals surface area (Å²) in [5, 5.41) is 13.1. The number of halogens is 1. The number of aliphatic carboxylic acids is 1. The zero-order chi connectivity index (χ0) is 11.6. The van der Waals surface area contributed by atoms with Gasteiger partial charge in [0, 0.05) is 7.05 Å². The lowest BCUT2D eigenvalue weighted by Crippen LogP contribution is -2.06. The third-order valence-corrected chi connectivity index (χ3v) is 3.00. The van der Waals surface area contributed by atoms with Crippen molar-refractivity contribution in [2.24, 2.45) is 13.0 Å². The number of hydrogen-bond donors (Lipinski definition) is 1. The van der Waals surface area contributed by atoms with E-state index in [0.29, 0.717) is 5.92 Å². The van der Waals surface area contributed by atoms with Crippen molar-refractivity contribution < 1.29 is 9.90 Å². The molecule has 0 aliphatic heterocycles. The van der Waals surface area contributed by atoms with Gasteiger partial charge in [-0.3, -0.25) is 9.48 Å². The van der Waals surface area contributed by atoms with Crippen LogP contribution in [0.15, 0.2) is 4.47 Å². The zero-order valence-electron chi connectivity index (χ0n) is 9.12. The first-order chi connectivity index (χ1) is 6.91. The Bertz CT molecular complexity index is 372. The van der Waals surface area contributed by atoms with E-state index in [1.807, 2.05) is 0 Å². The van der Waals surface area contributed by atoms with Crippen molar-refractivity contribution in [3.05, 3.63) is 15.9 Å². The van der Waals surface area contributed by atoms with E-state index in [9.17, 15) is 4.79 Å². The Morgan fingerprint density at radius 2 is 2.20 bits per heavy atom. The number of carboxylic acid groups (broad SMARTS) is 1. The Labute approximate surface area is 97.4 Å². The number of aryl methyl sites for hydroxylation is 1. The first-order valence-electron chi connectivity index (χ1n) is 4.83. The molecule has 84 valence electrons. The van der Waals surface area contributed by atoms with Crippen LogP contribution < -0.4 is 0 Å². The SMILES string of the molecule is CC(C)Cc1nn(C)c(CC(=O)O)c1Br. The molecular formula is C10H15BrN2O2. The molecule has 1 N–H and O–H groups in total. The van der Waals surface area contributed by atoms with E-state index in [2.05, 4.69) is 34.9 Å². The number of nitrogens with zero attached hydrogens (tertiary/aromatic N) is 2. The maximum Gasteiger partial charge on any atom is 0.309 e. The molecule has 0 amide bonds. The van der Waals surface area contributed by atoms with Gasteiger partial charge < -0.3 is 5.11 Å². The Balaban J connectivity index is 2.98. The van der Waals surface area contributed by atoms with Gasteiger partial charge in [-0.25, -0.2) is 0 Å². The fraction of sp³-hybridized carbons (Fsp3) is 0.600. The van der Waals surface area contributed by atoms with E-state index in [1.165, 1.54) is 0 Å². The molecule has 0 fully saturated rings. The van der Waals surface area contributed by atoms with E-state index in [0.717, 1.165) is 22.3 Å². The standard InChI is InChI=1S/C10H15BrN2O2/c1-6(2)4-7-10(11)8(5-9(14)15)13(3)12-7/h6H,4-5H2,1-3H3,(H,14,15). The average molecular weight is 275 g/mol. The van der Waals surface area contributed by atoms with Crippen LogP contribution in [0.1, 0.15) is 25.2 Å². The highest BCUT2D eigenvalue weighted by Crippen LogP contribution is 2.23. The molecule has 0 atom stereocenters. The molecule has 0 bridgehead atoms. The van der Waals surface area contributed by atoms with Crippen LogP contribution >= 0.6 is 15.9 Å². The molecule has 0 saturated heterocycles. The molecule has 1 aromatic heterocycles. The van der Waals surface area contributed by atoms with E-state index in [4.69, 9.17) is 5.11 Å². The van der Waals surface area contributed by atoms with Gasteiger partial charge in [0.2, 0.25) is 0 Å². The highest BCUT2D eigenvalue weighted by molar-refractivity contribution is 9.10. The van der Waals surface area contributed by atoms with Crippen molar-refractivity contribution in [2.75, 3.05) is 0 Å². The Morgan fingerprint density at radius 1 is 1.60 bits per heavy atom. The summed E-state index contributed by atoms with van der Waals surface area (Å²) < 4.78 is 2.47. The fourth-order valence-corrected chi connectivity index (χ4v) is 2.08. The minimum atomic E-state index is -0.838. The van der Waals surface area contributed by atoms with Crippen molar-refractivity contribution in [3.8, 4) is 0 Å². The summed E-state index contributed by atoms with van der Waals surface area (Å²) >= 11 is 3.41. The molecule has 4 nitrogen and oxygen atoms in total.